The fraction of sp³-hybridized carbons (Fsp3) is 0.435. The fourth-order valence-corrected chi connectivity index (χ4v) is 4.17. The number of anilines is 2. The Morgan fingerprint density at radius 3 is 2.97 bits per heavy atom. The molecule has 0 radical (unpaired) electrons. The standard InChI is InChI=1S/C23H30N6O4/c1-24-9-15-11-29(12-15)13-16-10-25-22-21(16)23(27-14-26-22)28-17-5-6-18(32-2)19(8-17)33-7-3-4-20(30)31/h5-6,8,10,14-15,24H,3-4,7,9,11-13H2,1-2H3,(H,30,31)(H2,25,26,27,28)/p+1. The summed E-state index contributed by atoms with van der Waals surface area (Å²) in [5.74, 6) is 1.75. The van der Waals surface area contributed by atoms with E-state index >= 15 is 0 Å². The highest BCUT2D eigenvalue weighted by atomic mass is 16.5. The quantitative estimate of drug-likeness (QED) is 0.306. The summed E-state index contributed by atoms with van der Waals surface area (Å²) in [4.78, 5) is 24.2. The van der Waals surface area contributed by atoms with Crippen LogP contribution in [0.4, 0.5) is 11.5 Å². The molecule has 0 spiro atoms. The number of benzene rings is 1. The van der Waals surface area contributed by atoms with Gasteiger partial charge in [-0.1, -0.05) is 4.98 Å². The first-order valence-electron chi connectivity index (χ1n) is 11.1. The van der Waals surface area contributed by atoms with Crippen LogP contribution in [-0.2, 0) is 11.3 Å². The van der Waals surface area contributed by atoms with Crippen LogP contribution in [0.1, 0.15) is 18.4 Å². The van der Waals surface area contributed by atoms with E-state index in [0.717, 1.165) is 48.7 Å². The zero-order valence-electron chi connectivity index (χ0n) is 19.0. The van der Waals surface area contributed by atoms with Crippen LogP contribution in [0.3, 0.4) is 0 Å². The molecule has 1 aliphatic rings. The highest BCUT2D eigenvalue weighted by Crippen LogP contribution is 2.33. The average Bonchev–Trinajstić information content (AvgIpc) is 3.19. The van der Waals surface area contributed by atoms with Crippen molar-refractivity contribution in [2.45, 2.75) is 19.4 Å². The van der Waals surface area contributed by atoms with Gasteiger partial charge in [0.2, 0.25) is 17.8 Å². The van der Waals surface area contributed by atoms with Gasteiger partial charge in [0.25, 0.3) is 0 Å². The largest absolute Gasteiger partial charge is 0.493 e. The van der Waals surface area contributed by atoms with Gasteiger partial charge in [-0.3, -0.25) is 14.7 Å². The number of nitrogens with one attached hydrogen (secondary N) is 4. The van der Waals surface area contributed by atoms with E-state index in [4.69, 9.17) is 14.6 Å². The molecule has 1 aromatic carbocycles. The molecule has 3 aromatic rings. The molecule has 0 atom stereocenters. The number of carboxylic acids is 1. The first-order valence-corrected chi connectivity index (χ1v) is 11.1. The lowest BCUT2D eigenvalue weighted by atomic mass is 9.99. The number of rotatable bonds is 12. The second-order valence-electron chi connectivity index (χ2n) is 8.27. The lowest BCUT2D eigenvalue weighted by Gasteiger charge is -2.39. The molecule has 2 aromatic heterocycles. The Balaban J connectivity index is 1.49. The molecule has 176 valence electrons. The van der Waals surface area contributed by atoms with E-state index < -0.39 is 5.97 Å². The third-order valence-electron chi connectivity index (χ3n) is 5.74. The molecule has 4 rings (SSSR count). The van der Waals surface area contributed by atoms with Crippen molar-refractivity contribution in [3.05, 3.63) is 36.3 Å². The van der Waals surface area contributed by atoms with Crippen LogP contribution in [0.15, 0.2) is 30.7 Å². The first kappa shape index (κ1) is 22.8. The minimum Gasteiger partial charge on any atom is -0.493 e. The molecular weight excluding hydrogens is 424 g/mol. The lowest BCUT2D eigenvalue weighted by Crippen LogP contribution is -2.49. The Kier molecular flexibility index (Phi) is 7.26. The normalized spacial score (nSPS) is 14.2. The van der Waals surface area contributed by atoms with E-state index in [1.54, 1.807) is 13.4 Å². The topological polar surface area (TPSA) is 126 Å². The molecule has 33 heavy (non-hydrogen) atoms. The summed E-state index contributed by atoms with van der Waals surface area (Å²) in [6, 6.07) is 5.56. The van der Waals surface area contributed by atoms with Crippen LogP contribution in [0, 0.1) is 5.92 Å². The van der Waals surface area contributed by atoms with Crippen LogP contribution in [0.2, 0.25) is 0 Å². The number of carboxylic acid groups (broad SMARTS) is 1. The smallest absolute Gasteiger partial charge is 0.303 e. The van der Waals surface area contributed by atoms with Crippen LogP contribution in [0.5, 0.6) is 11.5 Å². The van der Waals surface area contributed by atoms with E-state index in [-0.39, 0.29) is 6.42 Å². The van der Waals surface area contributed by atoms with Gasteiger partial charge < -0.3 is 25.2 Å². The Hall–Kier alpha value is -3.37. The summed E-state index contributed by atoms with van der Waals surface area (Å²) >= 11 is 0. The van der Waals surface area contributed by atoms with Gasteiger partial charge in [0, 0.05) is 49.9 Å². The molecule has 0 amide bonds. The van der Waals surface area contributed by atoms with E-state index in [1.165, 1.54) is 5.56 Å². The number of fused-ring (bicyclic) bond motifs is 1. The average molecular weight is 456 g/mol. The molecule has 0 bridgehead atoms. The molecular formula is C23H31N6O4+. The van der Waals surface area contributed by atoms with Gasteiger partial charge in [0.05, 0.1) is 19.9 Å². The molecule has 0 unspecified atom stereocenters. The van der Waals surface area contributed by atoms with Crippen molar-refractivity contribution in [1.82, 2.24) is 20.2 Å². The molecule has 10 heteroatoms. The SMILES string of the molecule is CNCC1CN(Cc2c[nH]c3[nH+]cnc(Nc4ccc(OC)c(OCCCC(=O)O)c4)c23)C1. The third-order valence-corrected chi connectivity index (χ3v) is 5.74. The Labute approximate surface area is 192 Å². The Bertz CT molecular complexity index is 1100. The number of carbonyl (C=O) groups is 1. The van der Waals surface area contributed by atoms with E-state index in [0.29, 0.717) is 30.4 Å². The minimum atomic E-state index is -0.838. The summed E-state index contributed by atoms with van der Waals surface area (Å²) in [5, 5.41) is 16.5. The van der Waals surface area contributed by atoms with E-state index in [9.17, 15) is 4.79 Å². The molecule has 5 N–H and O–H groups in total. The highest BCUT2D eigenvalue weighted by molar-refractivity contribution is 5.90. The maximum Gasteiger partial charge on any atom is 0.303 e. The lowest BCUT2D eigenvalue weighted by molar-refractivity contribution is -0.352. The van der Waals surface area contributed by atoms with Crippen molar-refractivity contribution in [2.75, 3.05) is 45.7 Å². The highest BCUT2D eigenvalue weighted by Gasteiger charge is 2.28. The summed E-state index contributed by atoms with van der Waals surface area (Å²) in [6.45, 7) is 4.36. The molecule has 1 aliphatic heterocycles. The van der Waals surface area contributed by atoms with Crippen LogP contribution >= 0.6 is 0 Å². The zero-order valence-corrected chi connectivity index (χ0v) is 19.0. The number of H-pyrrole nitrogens is 2. The maximum atomic E-state index is 10.7. The fourth-order valence-electron chi connectivity index (χ4n) is 4.17. The predicted octanol–water partition coefficient (Wildman–Crippen LogP) is 2.02. The van der Waals surface area contributed by atoms with Gasteiger partial charge in [-0.25, -0.2) is 4.98 Å². The van der Waals surface area contributed by atoms with E-state index in [2.05, 4.69) is 30.5 Å². The second kappa shape index (κ2) is 10.5. The predicted molar refractivity (Wildman–Crippen MR) is 124 cm³/mol. The van der Waals surface area contributed by atoms with Crippen LogP contribution < -0.4 is 25.1 Å². The van der Waals surface area contributed by atoms with Crippen LogP contribution in [0.25, 0.3) is 11.0 Å². The zero-order chi connectivity index (χ0) is 23.2. The van der Waals surface area contributed by atoms with Gasteiger partial charge in [-0.2, -0.15) is 0 Å². The van der Waals surface area contributed by atoms with Gasteiger partial charge in [0.1, 0.15) is 5.39 Å². The molecule has 1 fully saturated rings. The molecule has 0 saturated carbocycles. The maximum absolute atomic E-state index is 10.7. The number of aromatic nitrogens is 3. The van der Waals surface area contributed by atoms with Gasteiger partial charge in [0.15, 0.2) is 11.5 Å². The third kappa shape index (κ3) is 5.52. The monoisotopic (exact) mass is 455 g/mol. The Morgan fingerprint density at radius 1 is 1.36 bits per heavy atom. The Morgan fingerprint density at radius 2 is 2.21 bits per heavy atom. The number of ether oxygens (including phenoxy) is 2. The van der Waals surface area contributed by atoms with Gasteiger partial charge in [-0.15, -0.1) is 0 Å². The van der Waals surface area contributed by atoms with Gasteiger partial charge in [-0.05, 0) is 31.5 Å². The van der Waals surface area contributed by atoms with Crippen LogP contribution in [-0.4, -0.2) is 66.3 Å². The van der Waals surface area contributed by atoms with Crippen molar-refractivity contribution in [1.29, 1.82) is 0 Å². The summed E-state index contributed by atoms with van der Waals surface area (Å²) < 4.78 is 11.2. The summed E-state index contributed by atoms with van der Waals surface area (Å²) in [6.07, 6.45) is 4.17. The van der Waals surface area contributed by atoms with E-state index in [1.807, 2.05) is 31.4 Å². The van der Waals surface area contributed by atoms with Crippen molar-refractivity contribution in [2.24, 2.45) is 5.92 Å². The number of hydrogen-bond donors (Lipinski definition) is 4. The minimum absolute atomic E-state index is 0.0612. The number of hydrogen-bond acceptors (Lipinski definition) is 7. The number of likely N-dealkylation sites (tertiary alicyclic amines) is 1. The van der Waals surface area contributed by atoms with Crippen molar-refractivity contribution in [3.63, 3.8) is 0 Å². The first-order chi connectivity index (χ1) is 16.1. The molecule has 3 heterocycles. The number of aromatic amines is 2. The molecule has 10 nitrogen and oxygen atoms in total. The van der Waals surface area contributed by atoms with Gasteiger partial charge >= 0.3 is 5.97 Å². The van der Waals surface area contributed by atoms with Crippen molar-refractivity contribution in [3.8, 4) is 11.5 Å². The molecule has 1 saturated heterocycles. The summed E-state index contributed by atoms with van der Waals surface area (Å²) in [5.41, 5.74) is 2.89. The number of methoxy groups -OCH3 is 1. The van der Waals surface area contributed by atoms with Crippen molar-refractivity contribution < 1.29 is 24.4 Å². The second-order valence-corrected chi connectivity index (χ2v) is 8.27. The van der Waals surface area contributed by atoms with Crippen molar-refractivity contribution >= 4 is 28.5 Å². The number of aliphatic carboxylic acids is 1. The number of nitrogens with zero attached hydrogens (tertiary/aromatic N) is 2. The molecule has 0 aliphatic carbocycles. The summed E-state index contributed by atoms with van der Waals surface area (Å²) in [7, 11) is 3.57.